The first kappa shape index (κ1) is 16.7. The Morgan fingerprint density at radius 1 is 1.12 bits per heavy atom. The smallest absolute Gasteiger partial charge is 0.142 e. The van der Waals surface area contributed by atoms with Gasteiger partial charge >= 0.3 is 0 Å². The Bertz CT molecular complexity index is 799. The molecule has 4 nitrogen and oxygen atoms in total. The highest BCUT2D eigenvalue weighted by Gasteiger charge is 2.06. The van der Waals surface area contributed by atoms with Crippen molar-refractivity contribution in [2.45, 2.75) is 13.2 Å². The average molecular weight is 405 g/mol. The Balaban J connectivity index is 1.75. The predicted octanol–water partition coefficient (Wildman–Crippen LogP) is 4.92. The molecule has 0 aliphatic carbocycles. The van der Waals surface area contributed by atoms with Gasteiger partial charge in [-0.15, -0.1) is 0 Å². The van der Waals surface area contributed by atoms with Crippen molar-refractivity contribution < 1.29 is 4.84 Å². The van der Waals surface area contributed by atoms with E-state index >= 15 is 0 Å². The van der Waals surface area contributed by atoms with E-state index in [1.807, 2.05) is 59.3 Å². The van der Waals surface area contributed by atoms with Crippen LogP contribution < -0.4 is 0 Å². The summed E-state index contributed by atoms with van der Waals surface area (Å²) < 4.78 is 2.98. The Labute approximate surface area is 153 Å². The molecular formula is C18H15BrClN3O. The topological polar surface area (TPSA) is 39.4 Å². The molecule has 0 fully saturated rings. The maximum absolute atomic E-state index is 5.97. The van der Waals surface area contributed by atoms with Gasteiger partial charge in [0.05, 0.1) is 12.9 Å². The molecule has 0 aliphatic heterocycles. The number of hydrogen-bond acceptors (Lipinski definition) is 3. The van der Waals surface area contributed by atoms with E-state index in [4.69, 9.17) is 16.4 Å². The largest absolute Gasteiger partial charge is 0.391 e. The molecule has 0 spiro atoms. The lowest BCUT2D eigenvalue weighted by Gasteiger charge is -2.08. The maximum atomic E-state index is 5.97. The molecule has 122 valence electrons. The molecular weight excluding hydrogens is 390 g/mol. The molecule has 0 N–H and O–H groups in total. The summed E-state index contributed by atoms with van der Waals surface area (Å²) >= 11 is 9.38. The van der Waals surface area contributed by atoms with Gasteiger partial charge in [0.25, 0.3) is 0 Å². The summed E-state index contributed by atoms with van der Waals surface area (Å²) in [5.74, 6) is 0. The average Bonchev–Trinajstić information content (AvgIpc) is 3.10. The van der Waals surface area contributed by atoms with Crippen LogP contribution in [-0.4, -0.2) is 15.3 Å². The molecule has 0 radical (unpaired) electrons. The van der Waals surface area contributed by atoms with Gasteiger partial charge in [-0.05, 0) is 29.8 Å². The molecule has 1 heterocycles. The van der Waals surface area contributed by atoms with E-state index in [0.717, 1.165) is 21.3 Å². The fraction of sp³-hybridized carbons (Fsp3) is 0.111. The summed E-state index contributed by atoms with van der Waals surface area (Å²) in [6, 6.07) is 15.5. The van der Waals surface area contributed by atoms with E-state index in [9.17, 15) is 0 Å². The van der Waals surface area contributed by atoms with Crippen LogP contribution in [0, 0.1) is 0 Å². The third-order valence-corrected chi connectivity index (χ3v) is 4.17. The normalized spacial score (nSPS) is 11.5. The zero-order valence-corrected chi connectivity index (χ0v) is 15.1. The lowest BCUT2D eigenvalue weighted by molar-refractivity contribution is 0.130. The number of nitrogens with zero attached hydrogens (tertiary/aromatic N) is 3. The molecule has 3 rings (SSSR count). The quantitative estimate of drug-likeness (QED) is 0.432. The lowest BCUT2D eigenvalue weighted by Crippen LogP contribution is -2.11. The lowest BCUT2D eigenvalue weighted by atomic mass is 10.1. The van der Waals surface area contributed by atoms with Crippen LogP contribution in [0.15, 0.2) is 76.9 Å². The van der Waals surface area contributed by atoms with E-state index in [0.29, 0.717) is 18.2 Å². The van der Waals surface area contributed by atoms with Crippen LogP contribution in [0.25, 0.3) is 0 Å². The monoisotopic (exact) mass is 403 g/mol. The number of aromatic nitrogens is 2. The Hall–Kier alpha value is -2.11. The molecule has 0 aliphatic rings. The van der Waals surface area contributed by atoms with Crippen molar-refractivity contribution in [2.24, 2.45) is 5.16 Å². The van der Waals surface area contributed by atoms with E-state index in [1.165, 1.54) is 0 Å². The molecule has 3 aromatic rings. The van der Waals surface area contributed by atoms with Crippen LogP contribution in [-0.2, 0) is 18.0 Å². The summed E-state index contributed by atoms with van der Waals surface area (Å²) in [4.78, 5) is 9.62. The maximum Gasteiger partial charge on any atom is 0.142 e. The van der Waals surface area contributed by atoms with Gasteiger partial charge in [-0.2, -0.15) is 0 Å². The van der Waals surface area contributed by atoms with Crippen LogP contribution in [0.1, 0.15) is 11.1 Å². The standard InChI is InChI=1S/C18H15BrClN3O/c19-16-5-1-14(2-6-16)12-24-22-18(11-23-10-9-21-13-23)15-3-7-17(20)8-4-15/h1-10,13H,11-12H2. The van der Waals surface area contributed by atoms with Crippen LogP contribution in [0.5, 0.6) is 0 Å². The third kappa shape index (κ3) is 4.69. The Kier molecular flexibility index (Phi) is 5.67. The number of oxime groups is 1. The van der Waals surface area contributed by atoms with Crippen LogP contribution >= 0.6 is 27.5 Å². The van der Waals surface area contributed by atoms with Crippen molar-refractivity contribution in [3.63, 3.8) is 0 Å². The van der Waals surface area contributed by atoms with E-state index in [2.05, 4.69) is 26.1 Å². The number of imidazole rings is 1. The van der Waals surface area contributed by atoms with Crippen molar-refractivity contribution in [1.82, 2.24) is 9.55 Å². The highest BCUT2D eigenvalue weighted by Crippen LogP contribution is 2.13. The summed E-state index contributed by atoms with van der Waals surface area (Å²) in [5.41, 5.74) is 2.82. The molecule has 0 bridgehead atoms. The van der Waals surface area contributed by atoms with Crippen LogP contribution in [0.2, 0.25) is 5.02 Å². The van der Waals surface area contributed by atoms with Gasteiger partial charge in [0.1, 0.15) is 12.3 Å². The van der Waals surface area contributed by atoms with Gasteiger partial charge in [-0.1, -0.05) is 57.0 Å². The second-order valence-corrected chi connectivity index (χ2v) is 6.53. The minimum atomic E-state index is 0.411. The molecule has 0 atom stereocenters. The first-order chi connectivity index (χ1) is 11.7. The molecule has 0 amide bonds. The highest BCUT2D eigenvalue weighted by molar-refractivity contribution is 9.10. The minimum Gasteiger partial charge on any atom is -0.391 e. The fourth-order valence-electron chi connectivity index (χ4n) is 2.13. The molecule has 0 unspecified atom stereocenters. The minimum absolute atomic E-state index is 0.411. The molecule has 1 aromatic heterocycles. The number of halogens is 2. The molecule has 24 heavy (non-hydrogen) atoms. The van der Waals surface area contributed by atoms with Crippen LogP contribution in [0.4, 0.5) is 0 Å². The Morgan fingerprint density at radius 3 is 2.54 bits per heavy atom. The van der Waals surface area contributed by atoms with Gasteiger partial charge in [-0.3, -0.25) is 0 Å². The van der Waals surface area contributed by atoms with Crippen molar-refractivity contribution in [3.05, 3.63) is 87.9 Å². The molecule has 0 saturated carbocycles. The second kappa shape index (κ2) is 8.13. The van der Waals surface area contributed by atoms with Crippen molar-refractivity contribution in [1.29, 1.82) is 0 Å². The van der Waals surface area contributed by atoms with E-state index < -0.39 is 0 Å². The second-order valence-electron chi connectivity index (χ2n) is 5.18. The van der Waals surface area contributed by atoms with Gasteiger partial charge in [0, 0.05) is 27.5 Å². The van der Waals surface area contributed by atoms with Gasteiger partial charge in [0.2, 0.25) is 0 Å². The summed E-state index contributed by atoms with van der Waals surface area (Å²) in [6.07, 6.45) is 5.38. The third-order valence-electron chi connectivity index (χ3n) is 3.39. The van der Waals surface area contributed by atoms with Gasteiger partial charge in [-0.25, -0.2) is 4.98 Å². The van der Waals surface area contributed by atoms with Gasteiger partial charge in [0.15, 0.2) is 0 Å². The van der Waals surface area contributed by atoms with Crippen molar-refractivity contribution in [3.8, 4) is 0 Å². The van der Waals surface area contributed by atoms with Gasteiger partial charge < -0.3 is 9.40 Å². The molecule has 6 heteroatoms. The number of hydrogen-bond donors (Lipinski definition) is 0. The van der Waals surface area contributed by atoms with Crippen molar-refractivity contribution in [2.75, 3.05) is 0 Å². The predicted molar refractivity (Wildman–Crippen MR) is 99.1 cm³/mol. The first-order valence-corrected chi connectivity index (χ1v) is 8.53. The SMILES string of the molecule is Clc1ccc(C(Cn2ccnc2)=NOCc2ccc(Br)cc2)cc1. The van der Waals surface area contributed by atoms with E-state index in [1.54, 1.807) is 12.5 Å². The number of benzene rings is 2. The zero-order valence-electron chi connectivity index (χ0n) is 12.8. The van der Waals surface area contributed by atoms with Crippen molar-refractivity contribution >= 4 is 33.2 Å². The summed E-state index contributed by atoms with van der Waals surface area (Å²) in [5, 5.41) is 5.02. The summed E-state index contributed by atoms with van der Waals surface area (Å²) in [7, 11) is 0. The zero-order chi connectivity index (χ0) is 16.8. The summed E-state index contributed by atoms with van der Waals surface area (Å²) in [6.45, 7) is 0.982. The van der Waals surface area contributed by atoms with Crippen LogP contribution in [0.3, 0.4) is 0 Å². The highest BCUT2D eigenvalue weighted by atomic mass is 79.9. The molecule has 0 saturated heterocycles. The molecule has 2 aromatic carbocycles. The number of rotatable bonds is 6. The first-order valence-electron chi connectivity index (χ1n) is 7.36. The fourth-order valence-corrected chi connectivity index (χ4v) is 2.52. The van der Waals surface area contributed by atoms with E-state index in [-0.39, 0.29) is 0 Å². The Morgan fingerprint density at radius 2 is 1.88 bits per heavy atom.